The summed E-state index contributed by atoms with van der Waals surface area (Å²) in [5, 5.41) is 0. The molecule has 0 amide bonds. The summed E-state index contributed by atoms with van der Waals surface area (Å²) >= 11 is 0. The Morgan fingerprint density at radius 2 is 1.65 bits per heavy atom. The minimum Gasteiger partial charge on any atom is -0.316 e. The van der Waals surface area contributed by atoms with Gasteiger partial charge < -0.3 is 5.73 Å². The lowest BCUT2D eigenvalue weighted by molar-refractivity contribution is -0.137. The normalized spacial score (nSPS) is 27.0. The van der Waals surface area contributed by atoms with Gasteiger partial charge in [0.05, 0.1) is 5.56 Å². The van der Waals surface area contributed by atoms with E-state index in [4.69, 9.17) is 5.73 Å². The zero-order valence-corrected chi connectivity index (χ0v) is 8.28. The van der Waals surface area contributed by atoms with Gasteiger partial charge in [-0.05, 0) is 23.8 Å². The Kier molecular flexibility index (Phi) is 2.27. The summed E-state index contributed by atoms with van der Waals surface area (Å²) in [4.78, 5) is 0. The van der Waals surface area contributed by atoms with Crippen molar-refractivity contribution in [3.8, 4) is 0 Å². The molecular weight excluding hydrogens is 248 g/mol. The largest absolute Gasteiger partial charge is 0.416 e. The number of halogens is 6. The maximum absolute atomic E-state index is 13.0. The Balaban J connectivity index is 2.48. The molecule has 1 unspecified atom stereocenters. The first-order chi connectivity index (χ1) is 7.56. The van der Waals surface area contributed by atoms with Crippen LogP contribution in [0.2, 0.25) is 0 Å². The first-order valence-corrected chi connectivity index (χ1v) is 4.61. The minimum absolute atomic E-state index is 0.243. The second-order valence-corrected chi connectivity index (χ2v) is 4.08. The van der Waals surface area contributed by atoms with Gasteiger partial charge in [-0.2, -0.15) is 13.2 Å². The van der Waals surface area contributed by atoms with Gasteiger partial charge in [-0.3, -0.25) is 0 Å². The van der Waals surface area contributed by atoms with Gasteiger partial charge in [0.25, 0.3) is 5.92 Å². The SMILES string of the molecule is NC1(c2cc(F)cc(C(F)(F)F)c2)CC1(F)F. The highest BCUT2D eigenvalue weighted by Gasteiger charge is 2.70. The van der Waals surface area contributed by atoms with Crippen molar-refractivity contribution in [2.45, 2.75) is 24.1 Å². The van der Waals surface area contributed by atoms with Crippen LogP contribution in [0.1, 0.15) is 17.5 Å². The number of hydrogen-bond acceptors (Lipinski definition) is 1. The van der Waals surface area contributed by atoms with E-state index in [9.17, 15) is 26.3 Å². The van der Waals surface area contributed by atoms with Gasteiger partial charge in [0.1, 0.15) is 11.4 Å². The summed E-state index contributed by atoms with van der Waals surface area (Å²) in [7, 11) is 0. The summed E-state index contributed by atoms with van der Waals surface area (Å²) in [5.74, 6) is -4.52. The second kappa shape index (κ2) is 3.16. The average Bonchev–Trinajstić information content (AvgIpc) is 2.65. The Bertz CT molecular complexity index is 466. The van der Waals surface area contributed by atoms with Crippen LogP contribution in [0.15, 0.2) is 18.2 Å². The second-order valence-electron chi connectivity index (χ2n) is 4.08. The van der Waals surface area contributed by atoms with E-state index < -0.39 is 41.0 Å². The standard InChI is InChI=1S/C10H7F6N/c11-7-2-5(8(17)4-9(8,12)13)1-6(3-7)10(14,15)16/h1-3H,4,17H2. The van der Waals surface area contributed by atoms with Crippen LogP contribution in [-0.2, 0) is 11.7 Å². The van der Waals surface area contributed by atoms with Crippen LogP contribution in [0.25, 0.3) is 0 Å². The molecule has 0 radical (unpaired) electrons. The van der Waals surface area contributed by atoms with Crippen molar-refractivity contribution in [1.29, 1.82) is 0 Å². The van der Waals surface area contributed by atoms with Crippen LogP contribution in [0.3, 0.4) is 0 Å². The molecular formula is C10H7F6N. The van der Waals surface area contributed by atoms with Crippen molar-refractivity contribution in [3.05, 3.63) is 35.1 Å². The van der Waals surface area contributed by atoms with Crippen LogP contribution >= 0.6 is 0 Å². The number of alkyl halides is 5. The summed E-state index contributed by atoms with van der Waals surface area (Å²) in [6, 6.07) is 1.31. The molecule has 1 aliphatic rings. The Morgan fingerprint density at radius 3 is 2.06 bits per heavy atom. The molecule has 7 heteroatoms. The minimum atomic E-state index is -4.79. The predicted octanol–water partition coefficient (Wildman–Crippen LogP) is 3.04. The van der Waals surface area contributed by atoms with Gasteiger partial charge in [-0.15, -0.1) is 0 Å². The highest BCUT2D eigenvalue weighted by molar-refractivity contribution is 5.39. The summed E-state index contributed by atoms with van der Waals surface area (Å²) in [5.41, 5.74) is 1.21. The smallest absolute Gasteiger partial charge is 0.316 e. The average molecular weight is 255 g/mol. The topological polar surface area (TPSA) is 26.0 Å². The van der Waals surface area contributed by atoms with Crippen molar-refractivity contribution in [2.24, 2.45) is 5.73 Å². The van der Waals surface area contributed by atoms with E-state index in [2.05, 4.69) is 0 Å². The van der Waals surface area contributed by atoms with Gasteiger partial charge in [0, 0.05) is 6.42 Å². The zero-order valence-electron chi connectivity index (χ0n) is 8.28. The molecule has 17 heavy (non-hydrogen) atoms. The van der Waals surface area contributed by atoms with Crippen molar-refractivity contribution >= 4 is 0 Å². The third-order valence-corrected chi connectivity index (χ3v) is 2.77. The molecule has 0 aromatic heterocycles. The lowest BCUT2D eigenvalue weighted by Gasteiger charge is -2.14. The maximum Gasteiger partial charge on any atom is 0.416 e. The summed E-state index contributed by atoms with van der Waals surface area (Å²) < 4.78 is 75.8. The van der Waals surface area contributed by atoms with Crippen LogP contribution in [0.4, 0.5) is 26.3 Å². The lowest BCUT2D eigenvalue weighted by atomic mass is 10.0. The molecule has 0 bridgehead atoms. The Morgan fingerprint density at radius 1 is 1.12 bits per heavy atom. The van der Waals surface area contributed by atoms with Gasteiger partial charge >= 0.3 is 6.18 Å². The number of rotatable bonds is 1. The van der Waals surface area contributed by atoms with E-state index in [1.54, 1.807) is 0 Å². The van der Waals surface area contributed by atoms with E-state index in [1.807, 2.05) is 0 Å². The van der Waals surface area contributed by atoms with Crippen molar-refractivity contribution in [2.75, 3.05) is 0 Å². The van der Waals surface area contributed by atoms with Crippen LogP contribution in [-0.4, -0.2) is 5.92 Å². The van der Waals surface area contributed by atoms with Gasteiger partial charge in [-0.1, -0.05) is 0 Å². The Hall–Kier alpha value is -1.24. The molecule has 1 saturated carbocycles. The molecule has 1 aromatic rings. The fourth-order valence-corrected chi connectivity index (χ4v) is 1.63. The number of hydrogen-bond donors (Lipinski definition) is 1. The fraction of sp³-hybridized carbons (Fsp3) is 0.400. The van der Waals surface area contributed by atoms with E-state index in [0.29, 0.717) is 12.1 Å². The summed E-state index contributed by atoms with van der Waals surface area (Å²) in [6.45, 7) is 0. The van der Waals surface area contributed by atoms with Crippen molar-refractivity contribution in [1.82, 2.24) is 0 Å². The maximum atomic E-state index is 13.0. The third-order valence-electron chi connectivity index (χ3n) is 2.77. The van der Waals surface area contributed by atoms with Gasteiger partial charge in [0.2, 0.25) is 0 Å². The molecule has 1 aliphatic carbocycles. The zero-order chi connectivity index (χ0) is 13.1. The first-order valence-electron chi connectivity index (χ1n) is 4.61. The summed E-state index contributed by atoms with van der Waals surface area (Å²) in [6.07, 6.45) is -5.57. The van der Waals surface area contributed by atoms with Gasteiger partial charge in [-0.25, -0.2) is 13.2 Å². The molecule has 1 aromatic carbocycles. The third kappa shape index (κ3) is 1.88. The molecule has 1 nitrogen and oxygen atoms in total. The molecule has 2 rings (SSSR count). The molecule has 0 spiro atoms. The van der Waals surface area contributed by atoms with Crippen LogP contribution in [0, 0.1) is 5.82 Å². The monoisotopic (exact) mass is 255 g/mol. The van der Waals surface area contributed by atoms with E-state index >= 15 is 0 Å². The molecule has 2 N–H and O–H groups in total. The van der Waals surface area contributed by atoms with Crippen LogP contribution in [0.5, 0.6) is 0 Å². The highest BCUT2D eigenvalue weighted by atomic mass is 19.4. The molecule has 1 fully saturated rings. The first kappa shape index (κ1) is 12.2. The quantitative estimate of drug-likeness (QED) is 0.767. The molecule has 0 heterocycles. The number of nitrogens with two attached hydrogens (primary N) is 1. The fourth-order valence-electron chi connectivity index (χ4n) is 1.63. The van der Waals surface area contributed by atoms with Crippen LogP contribution < -0.4 is 5.73 Å². The van der Waals surface area contributed by atoms with E-state index in [-0.39, 0.29) is 6.07 Å². The number of benzene rings is 1. The van der Waals surface area contributed by atoms with E-state index in [0.717, 1.165) is 0 Å². The lowest BCUT2D eigenvalue weighted by Crippen LogP contribution is -2.27. The highest BCUT2D eigenvalue weighted by Crippen LogP contribution is 2.57. The van der Waals surface area contributed by atoms with Crippen molar-refractivity contribution < 1.29 is 26.3 Å². The van der Waals surface area contributed by atoms with E-state index in [1.165, 1.54) is 0 Å². The predicted molar refractivity (Wildman–Crippen MR) is 46.8 cm³/mol. The van der Waals surface area contributed by atoms with Gasteiger partial charge in [0.15, 0.2) is 0 Å². The molecule has 0 aliphatic heterocycles. The molecule has 94 valence electrons. The molecule has 1 atom stereocenters. The van der Waals surface area contributed by atoms with Crippen molar-refractivity contribution in [3.63, 3.8) is 0 Å². The Labute approximate surface area is 92.2 Å². The molecule has 0 saturated heterocycles.